The Morgan fingerprint density at radius 2 is 2.27 bits per heavy atom. The number of ether oxygens (including phenoxy) is 2. The topological polar surface area (TPSA) is 47.7 Å². The van der Waals surface area contributed by atoms with Gasteiger partial charge in [0, 0.05) is 49.8 Å². The van der Waals surface area contributed by atoms with Gasteiger partial charge in [0.25, 0.3) is 0 Å². The van der Waals surface area contributed by atoms with E-state index in [0.29, 0.717) is 18.7 Å². The number of hydrogen-bond acceptors (Lipinski definition) is 4. The van der Waals surface area contributed by atoms with E-state index in [1.807, 2.05) is 12.1 Å². The van der Waals surface area contributed by atoms with E-state index in [0.717, 1.165) is 49.7 Å². The molecule has 6 heteroatoms. The van der Waals surface area contributed by atoms with E-state index in [-0.39, 0.29) is 12.4 Å². The number of likely N-dealkylation sites (tertiary alicyclic amines) is 1. The van der Waals surface area contributed by atoms with Gasteiger partial charge in [0.15, 0.2) is 0 Å². The van der Waals surface area contributed by atoms with Crippen molar-refractivity contribution < 1.29 is 9.47 Å². The van der Waals surface area contributed by atoms with Crippen LogP contribution in [-0.2, 0) is 17.7 Å². The molecule has 2 atom stereocenters. The molecule has 1 saturated heterocycles. The van der Waals surface area contributed by atoms with E-state index in [2.05, 4.69) is 4.90 Å². The van der Waals surface area contributed by atoms with Crippen molar-refractivity contribution >= 4 is 24.0 Å². The van der Waals surface area contributed by atoms with Crippen molar-refractivity contribution in [3.8, 4) is 5.75 Å². The minimum Gasteiger partial charge on any atom is -0.493 e. The summed E-state index contributed by atoms with van der Waals surface area (Å²) in [4.78, 5) is 2.43. The average molecular weight is 347 g/mol. The van der Waals surface area contributed by atoms with E-state index in [4.69, 9.17) is 26.8 Å². The first kappa shape index (κ1) is 17.8. The van der Waals surface area contributed by atoms with Crippen molar-refractivity contribution in [3.05, 3.63) is 28.3 Å². The van der Waals surface area contributed by atoms with E-state index in [1.165, 1.54) is 11.1 Å². The van der Waals surface area contributed by atoms with Crippen molar-refractivity contribution in [3.63, 3.8) is 0 Å². The molecule has 2 aliphatic rings. The van der Waals surface area contributed by atoms with Gasteiger partial charge in [-0.2, -0.15) is 0 Å². The third-order valence-corrected chi connectivity index (χ3v) is 4.81. The van der Waals surface area contributed by atoms with Gasteiger partial charge in [-0.3, -0.25) is 4.90 Å². The number of halogens is 2. The maximum atomic E-state index is 6.24. The van der Waals surface area contributed by atoms with Gasteiger partial charge in [0.05, 0.1) is 12.7 Å². The minimum absolute atomic E-state index is 0. The van der Waals surface area contributed by atoms with Crippen LogP contribution in [0, 0.1) is 0 Å². The van der Waals surface area contributed by atoms with Crippen LogP contribution in [-0.4, -0.2) is 43.9 Å². The Morgan fingerprint density at radius 1 is 1.45 bits per heavy atom. The second-order valence-corrected chi connectivity index (χ2v) is 6.33. The second-order valence-electron chi connectivity index (χ2n) is 5.89. The van der Waals surface area contributed by atoms with Gasteiger partial charge >= 0.3 is 0 Å². The third kappa shape index (κ3) is 3.69. The Labute approximate surface area is 143 Å². The van der Waals surface area contributed by atoms with Crippen molar-refractivity contribution in [1.29, 1.82) is 0 Å². The number of hydrogen-bond donors (Lipinski definition) is 1. The zero-order valence-corrected chi connectivity index (χ0v) is 14.5. The Hall–Kier alpha value is -0.520. The number of nitrogens with two attached hydrogens (primary N) is 1. The molecule has 0 aromatic heterocycles. The summed E-state index contributed by atoms with van der Waals surface area (Å²) in [5, 5.41) is 0.797. The first-order valence-corrected chi connectivity index (χ1v) is 8.00. The molecule has 0 amide bonds. The molecule has 0 spiro atoms. The molecule has 0 radical (unpaired) electrons. The van der Waals surface area contributed by atoms with Gasteiger partial charge in [0.2, 0.25) is 0 Å². The number of fused-ring (bicyclic) bond motifs is 1. The summed E-state index contributed by atoms with van der Waals surface area (Å²) >= 11 is 6.24. The molecule has 3 rings (SSSR count). The van der Waals surface area contributed by atoms with Crippen LogP contribution < -0.4 is 10.5 Å². The zero-order chi connectivity index (χ0) is 14.8. The van der Waals surface area contributed by atoms with E-state index in [9.17, 15) is 0 Å². The number of piperidine rings is 1. The molecule has 1 fully saturated rings. The fraction of sp³-hybridized carbons (Fsp3) is 0.625. The van der Waals surface area contributed by atoms with Crippen LogP contribution in [0.5, 0.6) is 5.75 Å². The Balaban J connectivity index is 0.00000176. The predicted octanol–water partition coefficient (Wildman–Crippen LogP) is 2.63. The summed E-state index contributed by atoms with van der Waals surface area (Å²) in [5.74, 6) is 1.03. The van der Waals surface area contributed by atoms with Gasteiger partial charge in [-0.1, -0.05) is 11.6 Å². The minimum atomic E-state index is 0. The SMILES string of the molecule is COC1CCN(Cc2cc(Cl)cc3c2OCC3)C(CN)C1.Cl. The molecule has 124 valence electrons. The fourth-order valence-corrected chi connectivity index (χ4v) is 3.68. The summed E-state index contributed by atoms with van der Waals surface area (Å²) in [7, 11) is 1.78. The molecule has 2 heterocycles. The lowest BCUT2D eigenvalue weighted by atomic mass is 9.98. The largest absolute Gasteiger partial charge is 0.493 e. The van der Waals surface area contributed by atoms with Crippen molar-refractivity contribution in [2.75, 3.05) is 26.8 Å². The molecule has 0 bridgehead atoms. The van der Waals surface area contributed by atoms with Gasteiger partial charge < -0.3 is 15.2 Å². The summed E-state index contributed by atoms with van der Waals surface area (Å²) in [6.07, 6.45) is 3.33. The molecular formula is C16H24Cl2N2O2. The average Bonchev–Trinajstić information content (AvgIpc) is 2.96. The summed E-state index contributed by atoms with van der Waals surface area (Å²) in [5.41, 5.74) is 8.37. The number of nitrogens with zero attached hydrogens (tertiary/aromatic N) is 1. The molecule has 0 aliphatic carbocycles. The molecule has 2 aliphatic heterocycles. The summed E-state index contributed by atoms with van der Waals surface area (Å²) in [6, 6.07) is 4.41. The Bertz CT molecular complexity index is 513. The van der Waals surface area contributed by atoms with Crippen LogP contribution in [0.1, 0.15) is 24.0 Å². The smallest absolute Gasteiger partial charge is 0.127 e. The van der Waals surface area contributed by atoms with E-state index < -0.39 is 0 Å². The third-order valence-electron chi connectivity index (χ3n) is 4.59. The predicted molar refractivity (Wildman–Crippen MR) is 91.2 cm³/mol. The van der Waals surface area contributed by atoms with Gasteiger partial charge in [-0.25, -0.2) is 0 Å². The number of methoxy groups -OCH3 is 1. The Morgan fingerprint density at radius 3 is 3.00 bits per heavy atom. The van der Waals surface area contributed by atoms with Crippen LogP contribution in [0.2, 0.25) is 5.02 Å². The van der Waals surface area contributed by atoms with Gasteiger partial charge in [-0.05, 0) is 30.5 Å². The van der Waals surface area contributed by atoms with Crippen molar-refractivity contribution in [2.45, 2.75) is 38.0 Å². The lowest BCUT2D eigenvalue weighted by Gasteiger charge is -2.38. The van der Waals surface area contributed by atoms with Crippen LogP contribution in [0.3, 0.4) is 0 Å². The molecule has 4 nitrogen and oxygen atoms in total. The normalized spacial score (nSPS) is 24.5. The molecular weight excluding hydrogens is 323 g/mol. The van der Waals surface area contributed by atoms with Gasteiger partial charge in [-0.15, -0.1) is 12.4 Å². The maximum absolute atomic E-state index is 6.24. The maximum Gasteiger partial charge on any atom is 0.127 e. The Kier molecular flexibility index (Phi) is 6.36. The molecule has 1 aromatic carbocycles. The molecule has 22 heavy (non-hydrogen) atoms. The van der Waals surface area contributed by atoms with E-state index in [1.54, 1.807) is 7.11 Å². The van der Waals surface area contributed by atoms with Gasteiger partial charge in [0.1, 0.15) is 5.75 Å². The summed E-state index contributed by atoms with van der Waals surface area (Å²) < 4.78 is 11.3. The van der Waals surface area contributed by atoms with E-state index >= 15 is 0 Å². The first-order valence-electron chi connectivity index (χ1n) is 7.62. The van der Waals surface area contributed by atoms with Crippen molar-refractivity contribution in [2.24, 2.45) is 5.73 Å². The number of rotatable bonds is 4. The molecule has 2 unspecified atom stereocenters. The highest BCUT2D eigenvalue weighted by Crippen LogP contribution is 2.34. The molecule has 2 N–H and O–H groups in total. The van der Waals surface area contributed by atoms with Crippen LogP contribution in [0.15, 0.2) is 12.1 Å². The monoisotopic (exact) mass is 346 g/mol. The summed E-state index contributed by atoms with van der Waals surface area (Å²) in [6.45, 7) is 3.26. The van der Waals surface area contributed by atoms with Crippen LogP contribution in [0.4, 0.5) is 0 Å². The van der Waals surface area contributed by atoms with Crippen LogP contribution in [0.25, 0.3) is 0 Å². The quantitative estimate of drug-likeness (QED) is 0.910. The highest BCUT2D eigenvalue weighted by Gasteiger charge is 2.29. The van der Waals surface area contributed by atoms with Crippen molar-refractivity contribution in [1.82, 2.24) is 4.90 Å². The standard InChI is InChI=1S/C16H23ClN2O2.ClH/c1-20-15-2-4-19(14(8-15)9-18)10-12-7-13(17)6-11-3-5-21-16(11)12;/h6-7,14-15H,2-5,8-10,18H2,1H3;1H. The first-order chi connectivity index (χ1) is 10.2. The fourth-order valence-electron chi connectivity index (χ4n) is 3.41. The highest BCUT2D eigenvalue weighted by atomic mass is 35.5. The molecule has 0 saturated carbocycles. The lowest BCUT2D eigenvalue weighted by molar-refractivity contribution is 0.00999. The molecule has 1 aromatic rings. The zero-order valence-electron chi connectivity index (χ0n) is 12.9. The second kappa shape index (κ2) is 7.84. The van der Waals surface area contributed by atoms with Crippen LogP contribution >= 0.6 is 24.0 Å². The highest BCUT2D eigenvalue weighted by molar-refractivity contribution is 6.30. The number of benzene rings is 1. The lowest BCUT2D eigenvalue weighted by Crippen LogP contribution is -2.48.